The molecule has 1 heterocycles. The van der Waals surface area contributed by atoms with Gasteiger partial charge < -0.3 is 5.32 Å². The zero-order chi connectivity index (χ0) is 12.4. The van der Waals surface area contributed by atoms with Crippen molar-refractivity contribution < 1.29 is 0 Å². The van der Waals surface area contributed by atoms with Gasteiger partial charge in [0, 0.05) is 10.2 Å². The molecule has 17 heavy (non-hydrogen) atoms. The lowest BCUT2D eigenvalue weighted by atomic mass is 10.2. The zero-order valence-electron chi connectivity index (χ0n) is 8.71. The van der Waals surface area contributed by atoms with Crippen molar-refractivity contribution in [3.8, 4) is 0 Å². The molecular formula is C10H7BrCl2N4. The van der Waals surface area contributed by atoms with Crippen LogP contribution in [-0.4, -0.2) is 15.0 Å². The Bertz CT molecular complexity index is 542. The minimum Gasteiger partial charge on any atom is -0.324 e. The Kier molecular flexibility index (Phi) is 3.81. The van der Waals surface area contributed by atoms with Gasteiger partial charge in [0.15, 0.2) is 0 Å². The molecule has 0 atom stereocenters. The highest BCUT2D eigenvalue weighted by Crippen LogP contribution is 2.22. The molecule has 0 aliphatic carbocycles. The molecule has 0 spiro atoms. The number of nitrogens with zero attached hydrogens (tertiary/aromatic N) is 3. The average molecular weight is 334 g/mol. The predicted octanol–water partition coefficient (Wildman–Crippen LogP) is 3.99. The number of hydrogen-bond donors (Lipinski definition) is 1. The summed E-state index contributed by atoms with van der Waals surface area (Å²) in [5.41, 5.74) is 1.98. The third-order valence-electron chi connectivity index (χ3n) is 2.01. The Morgan fingerprint density at radius 2 is 1.76 bits per heavy atom. The van der Waals surface area contributed by atoms with Crippen molar-refractivity contribution in [3.63, 3.8) is 0 Å². The molecule has 1 aromatic carbocycles. The minimum atomic E-state index is 0.0543. The summed E-state index contributed by atoms with van der Waals surface area (Å²) in [4.78, 5) is 11.5. The summed E-state index contributed by atoms with van der Waals surface area (Å²) in [6.07, 6.45) is 0. The molecule has 0 amide bonds. The molecule has 0 radical (unpaired) electrons. The van der Waals surface area contributed by atoms with Crippen molar-refractivity contribution in [2.75, 3.05) is 5.32 Å². The summed E-state index contributed by atoms with van der Waals surface area (Å²) < 4.78 is 0.994. The van der Waals surface area contributed by atoms with Gasteiger partial charge in [-0.05, 0) is 47.8 Å². The Labute approximate surface area is 117 Å². The van der Waals surface area contributed by atoms with Gasteiger partial charge >= 0.3 is 0 Å². The van der Waals surface area contributed by atoms with Gasteiger partial charge in [0.2, 0.25) is 16.5 Å². The first-order valence-electron chi connectivity index (χ1n) is 4.65. The normalized spacial score (nSPS) is 10.4. The third-order valence-corrected chi connectivity index (χ3v) is 3.20. The van der Waals surface area contributed by atoms with Gasteiger partial charge in [0.25, 0.3) is 0 Å². The molecule has 0 unspecified atom stereocenters. The second-order valence-corrected chi connectivity index (χ2v) is 4.82. The van der Waals surface area contributed by atoms with Gasteiger partial charge in [0.1, 0.15) is 0 Å². The van der Waals surface area contributed by atoms with Crippen LogP contribution in [0.25, 0.3) is 0 Å². The molecule has 0 bridgehead atoms. The summed E-state index contributed by atoms with van der Waals surface area (Å²) in [7, 11) is 0. The van der Waals surface area contributed by atoms with Crippen LogP contribution in [0.4, 0.5) is 11.6 Å². The molecule has 0 aliphatic heterocycles. The average Bonchev–Trinajstić information content (AvgIpc) is 2.22. The van der Waals surface area contributed by atoms with Crippen LogP contribution in [0.1, 0.15) is 5.56 Å². The molecule has 88 valence electrons. The molecule has 0 saturated carbocycles. The fraction of sp³-hybridized carbons (Fsp3) is 0.100. The van der Waals surface area contributed by atoms with Crippen LogP contribution in [0, 0.1) is 6.92 Å². The third kappa shape index (κ3) is 3.28. The van der Waals surface area contributed by atoms with Crippen molar-refractivity contribution in [2.24, 2.45) is 0 Å². The number of aryl methyl sites for hydroxylation is 1. The van der Waals surface area contributed by atoms with E-state index in [0.717, 1.165) is 15.7 Å². The fourth-order valence-electron chi connectivity index (χ4n) is 1.18. The molecule has 1 aromatic heterocycles. The van der Waals surface area contributed by atoms with Gasteiger partial charge in [-0.25, -0.2) is 0 Å². The molecule has 2 rings (SSSR count). The topological polar surface area (TPSA) is 50.7 Å². The van der Waals surface area contributed by atoms with E-state index < -0.39 is 0 Å². The monoisotopic (exact) mass is 332 g/mol. The first kappa shape index (κ1) is 12.5. The van der Waals surface area contributed by atoms with Gasteiger partial charge in [-0.2, -0.15) is 15.0 Å². The van der Waals surface area contributed by atoms with E-state index in [9.17, 15) is 0 Å². The SMILES string of the molecule is Cc1ccc(Nc2nc(Cl)nc(Cl)n2)cc1Br. The summed E-state index contributed by atoms with van der Waals surface area (Å²) >= 11 is 14.8. The molecule has 7 heteroatoms. The van der Waals surface area contributed by atoms with Crippen molar-refractivity contribution in [1.82, 2.24) is 15.0 Å². The van der Waals surface area contributed by atoms with E-state index >= 15 is 0 Å². The minimum absolute atomic E-state index is 0.0543. The molecule has 0 saturated heterocycles. The van der Waals surface area contributed by atoms with E-state index in [-0.39, 0.29) is 10.6 Å². The maximum Gasteiger partial charge on any atom is 0.232 e. The van der Waals surface area contributed by atoms with E-state index in [1.165, 1.54) is 0 Å². The van der Waals surface area contributed by atoms with Crippen LogP contribution in [0.2, 0.25) is 10.6 Å². The number of aromatic nitrogens is 3. The molecule has 1 N–H and O–H groups in total. The van der Waals surface area contributed by atoms with E-state index in [1.54, 1.807) is 0 Å². The lowest BCUT2D eigenvalue weighted by Gasteiger charge is -2.06. The van der Waals surface area contributed by atoms with Crippen LogP contribution in [0.3, 0.4) is 0 Å². The first-order valence-corrected chi connectivity index (χ1v) is 6.20. The van der Waals surface area contributed by atoms with Crippen LogP contribution in [0.5, 0.6) is 0 Å². The maximum atomic E-state index is 5.68. The van der Waals surface area contributed by atoms with Crippen molar-refractivity contribution in [2.45, 2.75) is 6.92 Å². The maximum absolute atomic E-state index is 5.68. The number of nitrogens with one attached hydrogen (secondary N) is 1. The quantitative estimate of drug-likeness (QED) is 0.902. The second-order valence-electron chi connectivity index (χ2n) is 3.29. The highest BCUT2D eigenvalue weighted by atomic mass is 79.9. The molecule has 2 aromatic rings. The number of benzene rings is 1. The molecule has 0 fully saturated rings. The summed E-state index contributed by atoms with van der Waals surface area (Å²) in [5.74, 6) is 0.311. The predicted molar refractivity (Wildman–Crippen MR) is 72.0 cm³/mol. The Morgan fingerprint density at radius 1 is 1.12 bits per heavy atom. The van der Waals surface area contributed by atoms with Gasteiger partial charge in [-0.15, -0.1) is 0 Å². The van der Waals surface area contributed by atoms with Crippen molar-refractivity contribution >= 4 is 50.8 Å². The van der Waals surface area contributed by atoms with Gasteiger partial charge in [-0.1, -0.05) is 22.0 Å². The number of anilines is 2. The number of halogens is 3. The molecule has 4 nitrogen and oxygen atoms in total. The highest BCUT2D eigenvalue weighted by Gasteiger charge is 2.04. The fourth-order valence-corrected chi connectivity index (χ4v) is 1.92. The zero-order valence-corrected chi connectivity index (χ0v) is 11.8. The van der Waals surface area contributed by atoms with E-state index in [0.29, 0.717) is 5.95 Å². The smallest absolute Gasteiger partial charge is 0.232 e. The highest BCUT2D eigenvalue weighted by molar-refractivity contribution is 9.10. The van der Waals surface area contributed by atoms with E-state index in [4.69, 9.17) is 23.2 Å². The Balaban J connectivity index is 2.28. The van der Waals surface area contributed by atoms with Crippen LogP contribution in [0.15, 0.2) is 22.7 Å². The lowest BCUT2D eigenvalue weighted by Crippen LogP contribution is -1.99. The first-order chi connectivity index (χ1) is 8.04. The van der Waals surface area contributed by atoms with Crippen LogP contribution < -0.4 is 5.32 Å². The van der Waals surface area contributed by atoms with Crippen molar-refractivity contribution in [3.05, 3.63) is 38.8 Å². The summed E-state index contributed by atoms with van der Waals surface area (Å²) in [5, 5.41) is 3.10. The Hall–Kier alpha value is -0.910. The molecule has 0 aliphatic rings. The van der Waals surface area contributed by atoms with Gasteiger partial charge in [0.05, 0.1) is 0 Å². The van der Waals surface area contributed by atoms with Gasteiger partial charge in [-0.3, -0.25) is 0 Å². The Morgan fingerprint density at radius 3 is 2.35 bits per heavy atom. The van der Waals surface area contributed by atoms with Crippen LogP contribution in [-0.2, 0) is 0 Å². The number of hydrogen-bond acceptors (Lipinski definition) is 4. The number of rotatable bonds is 2. The van der Waals surface area contributed by atoms with E-state index in [1.807, 2.05) is 25.1 Å². The van der Waals surface area contributed by atoms with E-state index in [2.05, 4.69) is 36.2 Å². The molecular weight excluding hydrogens is 327 g/mol. The second kappa shape index (κ2) is 5.16. The lowest BCUT2D eigenvalue weighted by molar-refractivity contribution is 1.05. The summed E-state index contributed by atoms with van der Waals surface area (Å²) in [6.45, 7) is 2.00. The standard InChI is InChI=1S/C10H7BrCl2N4/c1-5-2-3-6(4-7(5)11)14-10-16-8(12)15-9(13)17-10/h2-4H,1H3,(H,14,15,16,17). The summed E-state index contributed by atoms with van der Waals surface area (Å²) in [6, 6.07) is 5.80. The van der Waals surface area contributed by atoms with Crippen LogP contribution >= 0.6 is 39.1 Å². The largest absolute Gasteiger partial charge is 0.324 e. The van der Waals surface area contributed by atoms with Crippen molar-refractivity contribution in [1.29, 1.82) is 0 Å².